The van der Waals surface area contributed by atoms with Crippen molar-refractivity contribution in [1.82, 2.24) is 4.90 Å². The number of fused-ring (bicyclic) bond motifs is 2. The van der Waals surface area contributed by atoms with Gasteiger partial charge in [-0.2, -0.15) is 5.26 Å². The van der Waals surface area contributed by atoms with Crippen LogP contribution in [0, 0.1) is 17.2 Å². The second-order valence-corrected chi connectivity index (χ2v) is 6.13. The number of carbonyl (C=O) groups is 1. The van der Waals surface area contributed by atoms with Crippen molar-refractivity contribution >= 4 is 5.78 Å². The van der Waals surface area contributed by atoms with Gasteiger partial charge in [-0.1, -0.05) is 12.1 Å². The van der Waals surface area contributed by atoms with Crippen LogP contribution in [-0.4, -0.2) is 43.0 Å². The van der Waals surface area contributed by atoms with E-state index in [1.807, 2.05) is 18.2 Å². The molecule has 3 rings (SSSR count). The maximum atomic E-state index is 12.6. The first-order chi connectivity index (χ1) is 10.2. The first-order valence-corrected chi connectivity index (χ1v) is 7.49. The molecule has 2 aliphatic heterocycles. The number of hydrogen-bond donors (Lipinski definition) is 0. The molecule has 0 amide bonds. The molecule has 21 heavy (non-hydrogen) atoms. The lowest BCUT2D eigenvalue weighted by molar-refractivity contribution is -0.130. The van der Waals surface area contributed by atoms with Crippen LogP contribution in [0.3, 0.4) is 0 Å². The SMILES string of the molecule is CN1C2COCC1CC(C(=O)Cc1cccc(C#N)c1)C2. The summed E-state index contributed by atoms with van der Waals surface area (Å²) in [6, 6.07) is 10.2. The molecule has 0 radical (unpaired) electrons. The number of ketones is 1. The van der Waals surface area contributed by atoms with E-state index in [1.165, 1.54) is 0 Å². The summed E-state index contributed by atoms with van der Waals surface area (Å²) in [7, 11) is 2.13. The number of ether oxygens (including phenoxy) is 1. The second kappa shape index (κ2) is 5.97. The Morgan fingerprint density at radius 3 is 2.76 bits per heavy atom. The van der Waals surface area contributed by atoms with Crippen molar-refractivity contribution < 1.29 is 9.53 Å². The number of hydrogen-bond acceptors (Lipinski definition) is 4. The van der Waals surface area contributed by atoms with Crippen molar-refractivity contribution in [3.8, 4) is 6.07 Å². The maximum Gasteiger partial charge on any atom is 0.140 e. The van der Waals surface area contributed by atoms with E-state index in [4.69, 9.17) is 10.00 Å². The zero-order valence-electron chi connectivity index (χ0n) is 12.3. The normalized spacial score (nSPS) is 28.9. The van der Waals surface area contributed by atoms with Crippen LogP contribution in [-0.2, 0) is 16.0 Å². The highest BCUT2D eigenvalue weighted by Crippen LogP contribution is 2.31. The van der Waals surface area contributed by atoms with Crippen molar-refractivity contribution in [2.75, 3.05) is 20.3 Å². The minimum atomic E-state index is 0.130. The highest BCUT2D eigenvalue weighted by molar-refractivity contribution is 5.83. The number of rotatable bonds is 3. The van der Waals surface area contributed by atoms with E-state index in [9.17, 15) is 4.79 Å². The molecule has 2 saturated heterocycles. The van der Waals surface area contributed by atoms with E-state index in [0.717, 1.165) is 31.6 Å². The number of Topliss-reactive ketones (excluding diaryl/α,β-unsaturated/α-hetero) is 1. The topological polar surface area (TPSA) is 53.3 Å². The standard InChI is InChI=1S/C17H20N2O2/c1-19-15-7-14(8-16(19)11-21-10-15)17(20)6-12-3-2-4-13(5-12)9-18/h2-5,14-16H,6-8,10-11H2,1H3. The second-order valence-electron chi connectivity index (χ2n) is 6.13. The molecule has 4 heteroatoms. The lowest BCUT2D eigenvalue weighted by Crippen LogP contribution is -2.55. The molecule has 2 bridgehead atoms. The Bertz CT molecular complexity index is 564. The number of nitrogens with zero attached hydrogens (tertiary/aromatic N) is 2. The summed E-state index contributed by atoms with van der Waals surface area (Å²) in [5, 5.41) is 8.93. The Balaban J connectivity index is 1.67. The molecule has 2 aliphatic rings. The van der Waals surface area contributed by atoms with Crippen LogP contribution < -0.4 is 0 Å². The fourth-order valence-corrected chi connectivity index (χ4v) is 3.45. The lowest BCUT2D eigenvalue weighted by Gasteiger charge is -2.46. The van der Waals surface area contributed by atoms with Crippen LogP contribution in [0.4, 0.5) is 0 Å². The molecule has 1 aromatic rings. The molecule has 2 heterocycles. The van der Waals surface area contributed by atoms with E-state index >= 15 is 0 Å². The number of nitriles is 1. The van der Waals surface area contributed by atoms with E-state index in [2.05, 4.69) is 18.0 Å². The van der Waals surface area contributed by atoms with Gasteiger partial charge in [-0.25, -0.2) is 0 Å². The fraction of sp³-hybridized carbons (Fsp3) is 0.529. The molecule has 0 aliphatic carbocycles. The summed E-state index contributed by atoms with van der Waals surface area (Å²) >= 11 is 0. The molecule has 2 unspecified atom stereocenters. The molecule has 4 nitrogen and oxygen atoms in total. The molecule has 0 spiro atoms. The van der Waals surface area contributed by atoms with Gasteiger partial charge >= 0.3 is 0 Å². The number of morpholine rings is 1. The van der Waals surface area contributed by atoms with Gasteiger partial charge in [-0.15, -0.1) is 0 Å². The van der Waals surface area contributed by atoms with Crippen molar-refractivity contribution in [3.05, 3.63) is 35.4 Å². The third kappa shape index (κ3) is 2.99. The summed E-state index contributed by atoms with van der Waals surface area (Å²) in [6.45, 7) is 1.47. The molecular formula is C17H20N2O2. The average molecular weight is 284 g/mol. The first kappa shape index (κ1) is 14.2. The van der Waals surface area contributed by atoms with Gasteiger partial charge in [0.25, 0.3) is 0 Å². The van der Waals surface area contributed by atoms with Crippen LogP contribution in [0.25, 0.3) is 0 Å². The molecule has 110 valence electrons. The van der Waals surface area contributed by atoms with Crippen molar-refractivity contribution in [1.29, 1.82) is 5.26 Å². The Kier molecular flexibility index (Phi) is 4.05. The van der Waals surface area contributed by atoms with E-state index < -0.39 is 0 Å². The van der Waals surface area contributed by atoms with Gasteiger partial charge in [-0.05, 0) is 37.6 Å². The molecule has 1 aromatic carbocycles. The van der Waals surface area contributed by atoms with Crippen molar-refractivity contribution in [2.24, 2.45) is 5.92 Å². The number of likely N-dealkylation sites (N-methyl/N-ethyl adjacent to an activating group) is 1. The van der Waals surface area contributed by atoms with Gasteiger partial charge in [0.15, 0.2) is 0 Å². The first-order valence-electron chi connectivity index (χ1n) is 7.49. The van der Waals surface area contributed by atoms with Crippen LogP contribution in [0.1, 0.15) is 24.0 Å². The molecule has 2 atom stereocenters. The van der Waals surface area contributed by atoms with Crippen molar-refractivity contribution in [2.45, 2.75) is 31.3 Å². The Morgan fingerprint density at radius 1 is 1.38 bits per heavy atom. The minimum absolute atomic E-state index is 0.130. The highest BCUT2D eigenvalue weighted by atomic mass is 16.5. The number of carbonyl (C=O) groups excluding carboxylic acids is 1. The highest BCUT2D eigenvalue weighted by Gasteiger charge is 2.39. The third-order valence-corrected chi connectivity index (χ3v) is 4.78. The van der Waals surface area contributed by atoms with Crippen LogP contribution in [0.15, 0.2) is 24.3 Å². The van der Waals surface area contributed by atoms with Gasteiger partial charge in [0.1, 0.15) is 5.78 Å². The van der Waals surface area contributed by atoms with Crippen molar-refractivity contribution in [3.63, 3.8) is 0 Å². The quantitative estimate of drug-likeness (QED) is 0.849. The van der Waals surface area contributed by atoms with Gasteiger partial charge in [0, 0.05) is 24.4 Å². The van der Waals surface area contributed by atoms with Crippen LogP contribution in [0.5, 0.6) is 0 Å². The van der Waals surface area contributed by atoms with Crippen LogP contribution in [0.2, 0.25) is 0 Å². The Morgan fingerprint density at radius 2 is 2.10 bits per heavy atom. The van der Waals surface area contributed by atoms with Gasteiger partial charge in [0.05, 0.1) is 24.8 Å². The number of piperidine rings is 1. The number of benzene rings is 1. The minimum Gasteiger partial charge on any atom is -0.378 e. The van der Waals surface area contributed by atoms with E-state index in [1.54, 1.807) is 6.07 Å². The predicted octanol–water partition coefficient (Wildman–Crippen LogP) is 1.78. The summed E-state index contributed by atoms with van der Waals surface area (Å²) in [4.78, 5) is 14.9. The summed E-state index contributed by atoms with van der Waals surface area (Å²) in [5.74, 6) is 0.431. The molecule has 2 fully saturated rings. The van der Waals surface area contributed by atoms with Gasteiger partial charge < -0.3 is 4.74 Å². The van der Waals surface area contributed by atoms with Gasteiger partial charge in [-0.3, -0.25) is 9.69 Å². The average Bonchev–Trinajstić information content (AvgIpc) is 2.47. The third-order valence-electron chi connectivity index (χ3n) is 4.78. The largest absolute Gasteiger partial charge is 0.378 e. The summed E-state index contributed by atoms with van der Waals surface area (Å²) in [6.07, 6.45) is 2.22. The van der Waals surface area contributed by atoms with Crippen LogP contribution >= 0.6 is 0 Å². The summed E-state index contributed by atoms with van der Waals surface area (Å²) in [5.41, 5.74) is 1.56. The fourth-order valence-electron chi connectivity index (χ4n) is 3.45. The maximum absolute atomic E-state index is 12.6. The van der Waals surface area contributed by atoms with E-state index in [0.29, 0.717) is 29.9 Å². The molecular weight excluding hydrogens is 264 g/mol. The Labute approximate surface area is 125 Å². The molecule has 0 aromatic heterocycles. The molecule has 0 N–H and O–H groups in total. The van der Waals surface area contributed by atoms with Gasteiger partial charge in [0.2, 0.25) is 0 Å². The smallest absolute Gasteiger partial charge is 0.140 e. The monoisotopic (exact) mass is 284 g/mol. The van der Waals surface area contributed by atoms with E-state index in [-0.39, 0.29) is 5.92 Å². The Hall–Kier alpha value is -1.70. The predicted molar refractivity (Wildman–Crippen MR) is 78.8 cm³/mol. The summed E-state index contributed by atoms with van der Waals surface area (Å²) < 4.78 is 5.59. The zero-order valence-corrected chi connectivity index (χ0v) is 12.3. The molecule has 0 saturated carbocycles. The lowest BCUT2D eigenvalue weighted by atomic mass is 9.81. The zero-order chi connectivity index (χ0) is 14.8.